The fourth-order valence-electron chi connectivity index (χ4n) is 1.97. The second kappa shape index (κ2) is 8.90. The number of anilines is 3. The number of benzene rings is 1. The molecule has 0 aliphatic rings. The van der Waals surface area contributed by atoms with Gasteiger partial charge in [-0.3, -0.25) is 9.59 Å². The molecule has 10 heteroatoms. The van der Waals surface area contributed by atoms with Gasteiger partial charge >= 0.3 is 0 Å². The van der Waals surface area contributed by atoms with Crippen molar-refractivity contribution in [3.8, 4) is 5.75 Å². The zero-order valence-electron chi connectivity index (χ0n) is 14.4. The summed E-state index contributed by atoms with van der Waals surface area (Å²) < 4.78 is 5.10. The molecule has 9 nitrogen and oxygen atoms in total. The van der Waals surface area contributed by atoms with E-state index >= 15 is 0 Å². The highest BCUT2D eigenvalue weighted by Gasteiger charge is 2.14. The van der Waals surface area contributed by atoms with Crippen LogP contribution in [-0.4, -0.2) is 53.1 Å². The van der Waals surface area contributed by atoms with Crippen LogP contribution in [0.15, 0.2) is 35.5 Å². The van der Waals surface area contributed by atoms with Crippen molar-refractivity contribution in [1.29, 1.82) is 0 Å². The Labute approximate surface area is 155 Å². The molecule has 2 amide bonds. The van der Waals surface area contributed by atoms with Gasteiger partial charge in [-0.1, -0.05) is 17.8 Å². The number of amides is 2. The summed E-state index contributed by atoms with van der Waals surface area (Å²) in [6.07, 6.45) is 0. The second-order valence-corrected chi connectivity index (χ2v) is 6.26. The van der Waals surface area contributed by atoms with E-state index in [4.69, 9.17) is 16.2 Å². The zero-order valence-corrected chi connectivity index (χ0v) is 15.2. The molecule has 0 aliphatic carbocycles. The van der Waals surface area contributed by atoms with Crippen LogP contribution in [0.3, 0.4) is 0 Å². The first-order valence-corrected chi connectivity index (χ1v) is 8.56. The summed E-state index contributed by atoms with van der Waals surface area (Å²) in [7, 11) is 3.09. The van der Waals surface area contributed by atoms with Crippen molar-refractivity contribution >= 4 is 40.9 Å². The predicted octanol–water partition coefficient (Wildman–Crippen LogP) is 0.839. The number of nitrogens with two attached hydrogens (primary N) is 2. The van der Waals surface area contributed by atoms with Gasteiger partial charge in [-0.25, -0.2) is 9.97 Å². The van der Waals surface area contributed by atoms with Crippen molar-refractivity contribution < 1.29 is 14.3 Å². The molecule has 1 heterocycles. The summed E-state index contributed by atoms with van der Waals surface area (Å²) in [4.78, 5) is 33.5. The number of ether oxygens (including phenoxy) is 1. The zero-order chi connectivity index (χ0) is 19.1. The van der Waals surface area contributed by atoms with E-state index in [0.29, 0.717) is 16.6 Å². The topological polar surface area (TPSA) is 136 Å². The molecular formula is C16H20N6O3S. The fraction of sp³-hybridized carbons (Fsp3) is 0.250. The first-order chi connectivity index (χ1) is 12.4. The molecule has 0 unspecified atom stereocenters. The summed E-state index contributed by atoms with van der Waals surface area (Å²) in [5, 5.41) is 3.02. The molecule has 0 atom stereocenters. The standard InChI is InChI=1S/C16H20N6O3S/c1-22(8-14(23)19-10-4-3-5-11(6-10)25-2)15(24)9-26-16-20-12(17)7-13(18)21-16/h3-7H,8-9H2,1-2H3,(H,19,23)(H4,17,18,20,21). The lowest BCUT2D eigenvalue weighted by molar-refractivity contribution is -0.131. The smallest absolute Gasteiger partial charge is 0.243 e. The van der Waals surface area contributed by atoms with Crippen molar-refractivity contribution in [2.24, 2.45) is 0 Å². The Morgan fingerprint density at radius 1 is 1.23 bits per heavy atom. The monoisotopic (exact) mass is 376 g/mol. The molecule has 26 heavy (non-hydrogen) atoms. The number of aromatic nitrogens is 2. The first kappa shape index (κ1) is 19.3. The summed E-state index contributed by atoms with van der Waals surface area (Å²) >= 11 is 1.10. The lowest BCUT2D eigenvalue weighted by Crippen LogP contribution is -2.36. The number of rotatable bonds is 7. The van der Waals surface area contributed by atoms with Crippen LogP contribution < -0.4 is 21.5 Å². The molecule has 0 saturated carbocycles. The van der Waals surface area contributed by atoms with Crippen molar-refractivity contribution in [1.82, 2.24) is 14.9 Å². The third-order valence-electron chi connectivity index (χ3n) is 3.23. The maximum Gasteiger partial charge on any atom is 0.243 e. The maximum absolute atomic E-state index is 12.2. The lowest BCUT2D eigenvalue weighted by atomic mass is 10.3. The van der Waals surface area contributed by atoms with E-state index in [1.165, 1.54) is 11.0 Å². The third kappa shape index (κ3) is 5.81. The molecule has 0 radical (unpaired) electrons. The van der Waals surface area contributed by atoms with Gasteiger partial charge in [0.1, 0.15) is 17.4 Å². The number of likely N-dealkylation sites (N-methyl/N-ethyl adjacent to an activating group) is 1. The van der Waals surface area contributed by atoms with E-state index < -0.39 is 0 Å². The minimum absolute atomic E-state index is 0.0613. The highest BCUT2D eigenvalue weighted by molar-refractivity contribution is 7.99. The molecular weight excluding hydrogens is 356 g/mol. The molecule has 138 valence electrons. The Morgan fingerprint density at radius 2 is 1.92 bits per heavy atom. The molecule has 0 bridgehead atoms. The van der Waals surface area contributed by atoms with E-state index in [1.54, 1.807) is 38.4 Å². The van der Waals surface area contributed by atoms with Crippen LogP contribution >= 0.6 is 11.8 Å². The number of nitrogens with zero attached hydrogens (tertiary/aromatic N) is 3. The van der Waals surface area contributed by atoms with Crippen LogP contribution in [0.4, 0.5) is 17.3 Å². The van der Waals surface area contributed by atoms with Gasteiger partial charge in [0.25, 0.3) is 0 Å². The Kier molecular flexibility index (Phi) is 6.61. The van der Waals surface area contributed by atoms with Crippen molar-refractivity contribution in [3.05, 3.63) is 30.3 Å². The molecule has 1 aromatic carbocycles. The first-order valence-electron chi connectivity index (χ1n) is 7.58. The van der Waals surface area contributed by atoms with E-state index in [9.17, 15) is 9.59 Å². The molecule has 0 saturated heterocycles. The fourth-order valence-corrected chi connectivity index (χ4v) is 2.78. The van der Waals surface area contributed by atoms with Gasteiger partial charge in [-0.15, -0.1) is 0 Å². The number of carbonyl (C=O) groups excluding carboxylic acids is 2. The summed E-state index contributed by atoms with van der Waals surface area (Å²) in [6.45, 7) is -0.0868. The summed E-state index contributed by atoms with van der Waals surface area (Å²) in [6, 6.07) is 8.39. The summed E-state index contributed by atoms with van der Waals surface area (Å²) in [5.74, 6) is 0.595. The van der Waals surface area contributed by atoms with Gasteiger partial charge in [0.05, 0.1) is 19.4 Å². The number of nitrogen functional groups attached to an aromatic ring is 2. The largest absolute Gasteiger partial charge is 0.497 e. The molecule has 0 spiro atoms. The van der Waals surface area contributed by atoms with Crippen molar-refractivity contribution in [3.63, 3.8) is 0 Å². The van der Waals surface area contributed by atoms with Crippen molar-refractivity contribution in [2.75, 3.05) is 43.2 Å². The van der Waals surface area contributed by atoms with Crippen LogP contribution in [-0.2, 0) is 9.59 Å². The van der Waals surface area contributed by atoms with Crippen LogP contribution in [0.25, 0.3) is 0 Å². The minimum Gasteiger partial charge on any atom is -0.497 e. The van der Waals surface area contributed by atoms with E-state index in [2.05, 4.69) is 15.3 Å². The number of thioether (sulfide) groups is 1. The quantitative estimate of drug-likeness (QED) is 0.478. The Morgan fingerprint density at radius 3 is 2.58 bits per heavy atom. The van der Waals surface area contributed by atoms with Crippen LogP contribution in [0.2, 0.25) is 0 Å². The van der Waals surface area contributed by atoms with Gasteiger partial charge in [-0.2, -0.15) is 0 Å². The van der Waals surface area contributed by atoms with Crippen LogP contribution in [0, 0.1) is 0 Å². The summed E-state index contributed by atoms with van der Waals surface area (Å²) in [5.41, 5.74) is 11.8. The normalized spacial score (nSPS) is 10.2. The second-order valence-electron chi connectivity index (χ2n) is 5.32. The molecule has 1 aromatic heterocycles. The molecule has 2 aromatic rings. The van der Waals surface area contributed by atoms with Gasteiger partial charge in [0, 0.05) is 24.9 Å². The number of carbonyl (C=O) groups is 2. The molecule has 2 rings (SSSR count). The third-order valence-corrected chi connectivity index (χ3v) is 4.06. The number of hydrogen-bond donors (Lipinski definition) is 3. The van der Waals surface area contributed by atoms with E-state index in [-0.39, 0.29) is 35.7 Å². The van der Waals surface area contributed by atoms with Crippen molar-refractivity contribution in [2.45, 2.75) is 5.16 Å². The molecule has 0 fully saturated rings. The highest BCUT2D eigenvalue weighted by atomic mass is 32.2. The van der Waals surface area contributed by atoms with Gasteiger partial charge in [0.2, 0.25) is 11.8 Å². The Balaban J connectivity index is 1.84. The SMILES string of the molecule is COc1cccc(NC(=O)CN(C)C(=O)CSc2nc(N)cc(N)n2)c1. The number of methoxy groups -OCH3 is 1. The maximum atomic E-state index is 12.2. The highest BCUT2D eigenvalue weighted by Crippen LogP contribution is 2.18. The van der Waals surface area contributed by atoms with Crippen LogP contribution in [0.1, 0.15) is 0 Å². The average Bonchev–Trinajstić information content (AvgIpc) is 2.58. The lowest BCUT2D eigenvalue weighted by Gasteiger charge is -2.16. The Hall–Kier alpha value is -3.01. The average molecular weight is 376 g/mol. The Bertz CT molecular complexity index is 781. The molecule has 0 aliphatic heterocycles. The minimum atomic E-state index is -0.316. The van der Waals surface area contributed by atoms with Gasteiger partial charge in [0.15, 0.2) is 5.16 Å². The van der Waals surface area contributed by atoms with Crippen LogP contribution in [0.5, 0.6) is 5.75 Å². The number of hydrogen-bond acceptors (Lipinski definition) is 8. The van der Waals surface area contributed by atoms with E-state index in [1.807, 2.05) is 0 Å². The van der Waals surface area contributed by atoms with Gasteiger partial charge < -0.3 is 26.4 Å². The number of nitrogens with one attached hydrogen (secondary N) is 1. The van der Waals surface area contributed by atoms with E-state index in [0.717, 1.165) is 11.8 Å². The molecule has 5 N–H and O–H groups in total. The van der Waals surface area contributed by atoms with Gasteiger partial charge in [-0.05, 0) is 12.1 Å². The predicted molar refractivity (Wildman–Crippen MR) is 101 cm³/mol.